The van der Waals surface area contributed by atoms with Crippen LogP contribution in [0.5, 0.6) is 0 Å². The Labute approximate surface area is 227 Å². The Hall–Kier alpha value is -4.08. The van der Waals surface area contributed by atoms with Crippen molar-refractivity contribution in [2.45, 2.75) is 24.5 Å². The van der Waals surface area contributed by atoms with Crippen LogP contribution in [0.4, 0.5) is 0 Å². The average Bonchev–Trinajstić information content (AvgIpc) is 3.74. The van der Waals surface area contributed by atoms with E-state index in [4.69, 9.17) is 25.5 Å². The maximum atomic E-state index is 13.6. The highest BCUT2D eigenvalue weighted by Gasteiger charge is 2.35. The highest BCUT2D eigenvalue weighted by molar-refractivity contribution is 7.99. The number of hydrogen-bond donors (Lipinski definition) is 0. The molecule has 0 bridgehead atoms. The molecule has 4 heterocycles. The predicted octanol–water partition coefficient (Wildman–Crippen LogP) is 6.55. The molecule has 0 saturated heterocycles. The first-order valence-corrected chi connectivity index (χ1v) is 13.3. The van der Waals surface area contributed by atoms with E-state index in [1.165, 1.54) is 16.8 Å². The number of amides is 1. The zero-order valence-corrected chi connectivity index (χ0v) is 21.9. The number of hydrazone groups is 1. The largest absolute Gasteiger partial charge is 0.469 e. The minimum absolute atomic E-state index is 0.115. The highest BCUT2D eigenvalue weighted by Crippen LogP contribution is 2.35. The Morgan fingerprint density at radius 3 is 2.53 bits per heavy atom. The van der Waals surface area contributed by atoms with Gasteiger partial charge in [0.1, 0.15) is 17.6 Å². The molecule has 190 valence electrons. The number of halogens is 1. The van der Waals surface area contributed by atoms with Gasteiger partial charge in [0, 0.05) is 17.1 Å². The van der Waals surface area contributed by atoms with Crippen molar-refractivity contribution in [1.82, 2.24) is 19.8 Å². The topological polar surface area (TPSA) is 89.7 Å². The number of aromatic nitrogens is 3. The zero-order valence-electron chi connectivity index (χ0n) is 20.3. The van der Waals surface area contributed by atoms with Gasteiger partial charge in [-0.3, -0.25) is 9.36 Å². The summed E-state index contributed by atoms with van der Waals surface area (Å²) in [5.74, 6) is 2.02. The minimum atomic E-state index is -0.333. The van der Waals surface area contributed by atoms with Gasteiger partial charge in [0.05, 0.1) is 29.6 Å². The van der Waals surface area contributed by atoms with Gasteiger partial charge in [0.25, 0.3) is 5.91 Å². The SMILES string of the molecule is Cc1occc1-c1nnc(SCC(=O)N2N=C(c3ccc(Cl)cc3)C[C@H]2c2ccco2)n1-c1ccccc1. The van der Waals surface area contributed by atoms with E-state index in [0.717, 1.165) is 28.3 Å². The molecule has 2 aromatic carbocycles. The summed E-state index contributed by atoms with van der Waals surface area (Å²) in [6.07, 6.45) is 3.77. The predicted molar refractivity (Wildman–Crippen MR) is 145 cm³/mol. The van der Waals surface area contributed by atoms with Crippen molar-refractivity contribution in [2.24, 2.45) is 5.10 Å². The summed E-state index contributed by atoms with van der Waals surface area (Å²) in [5, 5.41) is 16.3. The number of furan rings is 2. The Balaban J connectivity index is 1.29. The molecule has 0 N–H and O–H groups in total. The number of aryl methyl sites for hydroxylation is 1. The quantitative estimate of drug-likeness (QED) is 0.216. The Bertz CT molecular complexity index is 1590. The van der Waals surface area contributed by atoms with Gasteiger partial charge in [-0.15, -0.1) is 10.2 Å². The number of hydrogen-bond acceptors (Lipinski definition) is 7. The Morgan fingerprint density at radius 2 is 1.82 bits per heavy atom. The number of carbonyl (C=O) groups excluding carboxylic acids is 1. The third kappa shape index (κ3) is 4.66. The molecular formula is C28H22ClN5O3S. The minimum Gasteiger partial charge on any atom is -0.469 e. The standard InChI is InChI=1S/C28H22ClN5O3S/c1-18-22(13-15-36-18)27-30-31-28(33(27)21-6-3-2-4-7-21)38-17-26(35)34-24(25-8-5-14-37-25)16-23(32-34)19-9-11-20(29)12-10-19/h2-15,24H,16-17H2,1H3/t24-/m0/s1. The first-order chi connectivity index (χ1) is 18.6. The Morgan fingerprint density at radius 1 is 1.00 bits per heavy atom. The summed E-state index contributed by atoms with van der Waals surface area (Å²) in [6.45, 7) is 1.88. The van der Waals surface area contributed by atoms with Crippen LogP contribution >= 0.6 is 23.4 Å². The molecule has 1 aliphatic heterocycles. The molecule has 1 amide bonds. The Kier molecular flexibility index (Phi) is 6.61. The van der Waals surface area contributed by atoms with E-state index in [0.29, 0.717) is 28.2 Å². The first-order valence-electron chi connectivity index (χ1n) is 12.0. The number of carbonyl (C=O) groups is 1. The van der Waals surface area contributed by atoms with Crippen LogP contribution in [0.15, 0.2) is 104 Å². The monoisotopic (exact) mass is 543 g/mol. The molecule has 0 fully saturated rings. The summed E-state index contributed by atoms with van der Waals surface area (Å²) in [6, 6.07) is 22.5. The second kappa shape index (κ2) is 10.4. The van der Waals surface area contributed by atoms with Crippen molar-refractivity contribution in [2.75, 3.05) is 5.75 Å². The van der Waals surface area contributed by atoms with Gasteiger partial charge < -0.3 is 8.83 Å². The van der Waals surface area contributed by atoms with E-state index in [9.17, 15) is 4.79 Å². The van der Waals surface area contributed by atoms with Crippen molar-refractivity contribution in [3.63, 3.8) is 0 Å². The van der Waals surface area contributed by atoms with Crippen LogP contribution in [0.25, 0.3) is 17.1 Å². The van der Waals surface area contributed by atoms with Gasteiger partial charge in [-0.2, -0.15) is 5.10 Å². The maximum Gasteiger partial charge on any atom is 0.253 e. The summed E-state index contributed by atoms with van der Waals surface area (Å²) in [4.78, 5) is 13.6. The molecule has 5 aromatic rings. The molecule has 1 aliphatic rings. The summed E-state index contributed by atoms with van der Waals surface area (Å²) in [5.41, 5.74) is 3.44. The van der Waals surface area contributed by atoms with E-state index < -0.39 is 0 Å². The van der Waals surface area contributed by atoms with Crippen LogP contribution in [0.2, 0.25) is 5.02 Å². The molecule has 0 spiro atoms. The van der Waals surface area contributed by atoms with E-state index >= 15 is 0 Å². The molecule has 6 rings (SSSR count). The lowest BCUT2D eigenvalue weighted by molar-refractivity contribution is -0.130. The molecule has 10 heteroatoms. The fourth-order valence-electron chi connectivity index (χ4n) is 4.42. The number of nitrogens with zero attached hydrogens (tertiary/aromatic N) is 5. The van der Waals surface area contributed by atoms with E-state index in [2.05, 4.69) is 10.2 Å². The third-order valence-electron chi connectivity index (χ3n) is 6.29. The van der Waals surface area contributed by atoms with Gasteiger partial charge in [-0.25, -0.2) is 5.01 Å². The van der Waals surface area contributed by atoms with E-state index in [-0.39, 0.29) is 17.7 Å². The van der Waals surface area contributed by atoms with E-state index in [1.807, 2.05) is 84.3 Å². The fourth-order valence-corrected chi connectivity index (χ4v) is 5.35. The first kappa shape index (κ1) is 24.3. The lowest BCUT2D eigenvalue weighted by Gasteiger charge is -2.19. The summed E-state index contributed by atoms with van der Waals surface area (Å²) in [7, 11) is 0. The van der Waals surface area contributed by atoms with Crippen molar-refractivity contribution in [1.29, 1.82) is 0 Å². The second-order valence-electron chi connectivity index (χ2n) is 8.68. The van der Waals surface area contributed by atoms with Crippen molar-refractivity contribution in [3.05, 3.63) is 107 Å². The number of thioether (sulfide) groups is 1. The van der Waals surface area contributed by atoms with Gasteiger partial charge in [0.2, 0.25) is 0 Å². The van der Waals surface area contributed by atoms with Gasteiger partial charge in [0.15, 0.2) is 11.0 Å². The zero-order chi connectivity index (χ0) is 26.1. The number of para-hydroxylation sites is 1. The van der Waals surface area contributed by atoms with Crippen LogP contribution in [-0.2, 0) is 4.79 Å². The molecule has 0 unspecified atom stereocenters. The van der Waals surface area contributed by atoms with Gasteiger partial charge >= 0.3 is 0 Å². The van der Waals surface area contributed by atoms with Crippen LogP contribution in [0.3, 0.4) is 0 Å². The number of rotatable bonds is 7. The average molecular weight is 544 g/mol. The van der Waals surface area contributed by atoms with E-state index in [1.54, 1.807) is 12.5 Å². The second-order valence-corrected chi connectivity index (χ2v) is 10.1. The van der Waals surface area contributed by atoms with Crippen molar-refractivity contribution < 1.29 is 13.6 Å². The fraction of sp³-hybridized carbons (Fsp3) is 0.143. The molecular weight excluding hydrogens is 522 g/mol. The smallest absolute Gasteiger partial charge is 0.253 e. The van der Waals surface area contributed by atoms with Crippen molar-refractivity contribution >= 4 is 35.0 Å². The molecule has 0 radical (unpaired) electrons. The molecule has 3 aromatic heterocycles. The molecule has 8 nitrogen and oxygen atoms in total. The normalized spacial score (nSPS) is 15.2. The van der Waals surface area contributed by atoms with Crippen LogP contribution in [0.1, 0.15) is 29.5 Å². The van der Waals surface area contributed by atoms with Gasteiger partial charge in [-0.1, -0.05) is 53.7 Å². The van der Waals surface area contributed by atoms with Crippen LogP contribution < -0.4 is 0 Å². The molecule has 38 heavy (non-hydrogen) atoms. The molecule has 0 saturated carbocycles. The van der Waals surface area contributed by atoms with Crippen LogP contribution in [0, 0.1) is 6.92 Å². The molecule has 1 atom stereocenters. The van der Waals surface area contributed by atoms with Crippen LogP contribution in [-0.4, -0.2) is 37.1 Å². The summed E-state index contributed by atoms with van der Waals surface area (Å²) < 4.78 is 13.1. The molecule has 0 aliphatic carbocycles. The maximum absolute atomic E-state index is 13.6. The lowest BCUT2D eigenvalue weighted by Crippen LogP contribution is -2.28. The third-order valence-corrected chi connectivity index (χ3v) is 7.45. The lowest BCUT2D eigenvalue weighted by atomic mass is 10.0. The number of benzene rings is 2. The van der Waals surface area contributed by atoms with Gasteiger partial charge in [-0.05, 0) is 55.0 Å². The highest BCUT2D eigenvalue weighted by atomic mass is 35.5. The van der Waals surface area contributed by atoms with Crippen molar-refractivity contribution in [3.8, 4) is 17.1 Å². The summed E-state index contributed by atoms with van der Waals surface area (Å²) >= 11 is 7.38.